The van der Waals surface area contributed by atoms with Crippen molar-refractivity contribution in [2.24, 2.45) is 5.92 Å². The SMILES string of the molecule is O=C(Nc1ccc(N2CCCCCC2)nc1)C1CC1. The van der Waals surface area contributed by atoms with E-state index >= 15 is 0 Å². The number of nitrogens with one attached hydrogen (secondary N) is 1. The minimum absolute atomic E-state index is 0.143. The second kappa shape index (κ2) is 5.59. The number of anilines is 2. The Labute approximate surface area is 114 Å². The van der Waals surface area contributed by atoms with E-state index in [1.165, 1.54) is 25.7 Å². The van der Waals surface area contributed by atoms with Gasteiger partial charge >= 0.3 is 0 Å². The minimum Gasteiger partial charge on any atom is -0.357 e. The summed E-state index contributed by atoms with van der Waals surface area (Å²) >= 11 is 0. The van der Waals surface area contributed by atoms with E-state index in [0.29, 0.717) is 0 Å². The topological polar surface area (TPSA) is 45.2 Å². The molecule has 2 aliphatic rings. The van der Waals surface area contributed by atoms with Crippen LogP contribution in [0.2, 0.25) is 0 Å². The number of hydrogen-bond donors (Lipinski definition) is 1. The molecule has 0 bridgehead atoms. The lowest BCUT2D eigenvalue weighted by molar-refractivity contribution is -0.117. The Balaban J connectivity index is 1.62. The van der Waals surface area contributed by atoms with Gasteiger partial charge < -0.3 is 10.2 Å². The number of carbonyl (C=O) groups is 1. The lowest BCUT2D eigenvalue weighted by Crippen LogP contribution is -2.24. The van der Waals surface area contributed by atoms with E-state index in [4.69, 9.17) is 0 Å². The fourth-order valence-electron chi connectivity index (χ4n) is 2.54. The molecular weight excluding hydrogens is 238 g/mol. The summed E-state index contributed by atoms with van der Waals surface area (Å²) in [6, 6.07) is 3.99. The molecule has 0 unspecified atom stereocenters. The highest BCUT2D eigenvalue weighted by atomic mass is 16.2. The van der Waals surface area contributed by atoms with Gasteiger partial charge in [0.15, 0.2) is 0 Å². The van der Waals surface area contributed by atoms with Gasteiger partial charge in [0.2, 0.25) is 5.91 Å². The van der Waals surface area contributed by atoms with E-state index in [1.807, 2.05) is 12.1 Å². The Kier molecular flexibility index (Phi) is 3.67. The van der Waals surface area contributed by atoms with Crippen LogP contribution < -0.4 is 10.2 Å². The van der Waals surface area contributed by atoms with Crippen molar-refractivity contribution < 1.29 is 4.79 Å². The van der Waals surface area contributed by atoms with Crippen molar-refractivity contribution in [2.75, 3.05) is 23.3 Å². The van der Waals surface area contributed by atoms with Crippen molar-refractivity contribution in [3.8, 4) is 0 Å². The van der Waals surface area contributed by atoms with Gasteiger partial charge in [0.05, 0.1) is 11.9 Å². The highest BCUT2D eigenvalue weighted by molar-refractivity contribution is 5.93. The van der Waals surface area contributed by atoms with Crippen LogP contribution >= 0.6 is 0 Å². The van der Waals surface area contributed by atoms with Gasteiger partial charge in [0.25, 0.3) is 0 Å². The van der Waals surface area contributed by atoms with E-state index in [2.05, 4.69) is 15.2 Å². The number of amides is 1. The Morgan fingerprint density at radius 3 is 2.47 bits per heavy atom. The quantitative estimate of drug-likeness (QED) is 0.908. The van der Waals surface area contributed by atoms with E-state index in [-0.39, 0.29) is 11.8 Å². The summed E-state index contributed by atoms with van der Waals surface area (Å²) in [4.78, 5) is 18.5. The standard InChI is InChI=1S/C15H21N3O/c19-15(12-5-6-12)17-13-7-8-14(16-11-13)18-9-3-1-2-4-10-18/h7-8,11-12H,1-6,9-10H2,(H,17,19). The number of hydrogen-bond acceptors (Lipinski definition) is 3. The molecule has 1 N–H and O–H groups in total. The van der Waals surface area contributed by atoms with Crippen molar-refractivity contribution in [3.63, 3.8) is 0 Å². The monoisotopic (exact) mass is 259 g/mol. The molecule has 0 spiro atoms. The fourth-order valence-corrected chi connectivity index (χ4v) is 2.54. The predicted molar refractivity (Wildman–Crippen MR) is 76.3 cm³/mol. The highest BCUT2D eigenvalue weighted by Crippen LogP contribution is 2.30. The number of aromatic nitrogens is 1. The van der Waals surface area contributed by atoms with Gasteiger partial charge in [0.1, 0.15) is 5.82 Å². The third kappa shape index (κ3) is 3.25. The van der Waals surface area contributed by atoms with Crippen molar-refractivity contribution in [1.29, 1.82) is 0 Å². The van der Waals surface area contributed by atoms with Gasteiger partial charge in [-0.3, -0.25) is 4.79 Å². The first kappa shape index (κ1) is 12.5. The summed E-state index contributed by atoms with van der Waals surface area (Å²) < 4.78 is 0. The zero-order chi connectivity index (χ0) is 13.1. The molecule has 4 nitrogen and oxygen atoms in total. The zero-order valence-electron chi connectivity index (χ0n) is 11.3. The molecule has 19 heavy (non-hydrogen) atoms. The normalized spacial score (nSPS) is 19.9. The van der Waals surface area contributed by atoms with Crippen molar-refractivity contribution in [1.82, 2.24) is 4.98 Å². The van der Waals surface area contributed by atoms with E-state index in [1.54, 1.807) is 6.20 Å². The van der Waals surface area contributed by atoms with Crippen LogP contribution in [0.25, 0.3) is 0 Å². The smallest absolute Gasteiger partial charge is 0.227 e. The molecule has 4 heteroatoms. The largest absolute Gasteiger partial charge is 0.357 e. The third-order valence-corrected chi connectivity index (χ3v) is 3.89. The molecule has 1 amide bonds. The maximum Gasteiger partial charge on any atom is 0.227 e. The van der Waals surface area contributed by atoms with Gasteiger partial charge in [0, 0.05) is 19.0 Å². The van der Waals surface area contributed by atoms with Crippen molar-refractivity contribution >= 4 is 17.4 Å². The van der Waals surface area contributed by atoms with Crippen molar-refractivity contribution in [2.45, 2.75) is 38.5 Å². The zero-order valence-corrected chi connectivity index (χ0v) is 11.3. The lowest BCUT2D eigenvalue weighted by atomic mass is 10.2. The van der Waals surface area contributed by atoms with E-state index < -0.39 is 0 Å². The number of rotatable bonds is 3. The van der Waals surface area contributed by atoms with Gasteiger partial charge in [-0.25, -0.2) is 4.98 Å². The number of pyridine rings is 1. The molecule has 2 heterocycles. The average molecular weight is 259 g/mol. The van der Waals surface area contributed by atoms with Crippen LogP contribution in [-0.2, 0) is 4.79 Å². The first-order chi connectivity index (χ1) is 9.33. The summed E-state index contributed by atoms with van der Waals surface area (Å²) in [6.07, 6.45) is 9.00. The average Bonchev–Trinajstić information content (AvgIpc) is 3.27. The molecule has 1 aliphatic carbocycles. The highest BCUT2D eigenvalue weighted by Gasteiger charge is 2.29. The molecule has 3 rings (SSSR count). The van der Waals surface area contributed by atoms with Gasteiger partial charge in [-0.1, -0.05) is 12.8 Å². The lowest BCUT2D eigenvalue weighted by Gasteiger charge is -2.21. The molecule has 0 aromatic carbocycles. The second-order valence-corrected chi connectivity index (χ2v) is 5.57. The molecule has 1 aliphatic heterocycles. The number of nitrogens with zero attached hydrogens (tertiary/aromatic N) is 2. The van der Waals surface area contributed by atoms with Crippen LogP contribution in [0.15, 0.2) is 18.3 Å². The van der Waals surface area contributed by atoms with Crippen LogP contribution in [-0.4, -0.2) is 24.0 Å². The first-order valence-electron chi connectivity index (χ1n) is 7.35. The van der Waals surface area contributed by atoms with Crippen molar-refractivity contribution in [3.05, 3.63) is 18.3 Å². The van der Waals surface area contributed by atoms with Crippen LogP contribution in [0.4, 0.5) is 11.5 Å². The summed E-state index contributed by atoms with van der Waals surface area (Å²) in [5.74, 6) is 1.42. The second-order valence-electron chi connectivity index (χ2n) is 5.57. The first-order valence-corrected chi connectivity index (χ1v) is 7.35. The molecule has 1 aromatic rings. The molecular formula is C15H21N3O. The molecule has 1 saturated heterocycles. The Morgan fingerprint density at radius 1 is 1.16 bits per heavy atom. The summed E-state index contributed by atoms with van der Waals surface area (Å²) in [7, 11) is 0. The van der Waals surface area contributed by atoms with E-state index in [0.717, 1.165) is 37.4 Å². The molecule has 1 aromatic heterocycles. The molecule has 0 atom stereocenters. The predicted octanol–water partition coefficient (Wildman–Crippen LogP) is 2.81. The molecule has 1 saturated carbocycles. The van der Waals surface area contributed by atoms with Gasteiger partial charge in [-0.15, -0.1) is 0 Å². The molecule has 2 fully saturated rings. The van der Waals surface area contributed by atoms with E-state index in [9.17, 15) is 4.79 Å². The third-order valence-electron chi connectivity index (χ3n) is 3.89. The summed E-state index contributed by atoms with van der Waals surface area (Å²) in [5, 5.41) is 2.93. The Bertz CT molecular complexity index is 431. The van der Waals surface area contributed by atoms with Crippen LogP contribution in [0.3, 0.4) is 0 Å². The molecule has 0 radical (unpaired) electrons. The van der Waals surface area contributed by atoms with Crippen LogP contribution in [0.1, 0.15) is 38.5 Å². The fraction of sp³-hybridized carbons (Fsp3) is 0.600. The van der Waals surface area contributed by atoms with Crippen LogP contribution in [0.5, 0.6) is 0 Å². The van der Waals surface area contributed by atoms with Gasteiger partial charge in [-0.2, -0.15) is 0 Å². The van der Waals surface area contributed by atoms with Gasteiger partial charge in [-0.05, 0) is 37.8 Å². The maximum absolute atomic E-state index is 11.7. The minimum atomic E-state index is 0.143. The summed E-state index contributed by atoms with van der Waals surface area (Å²) in [5.41, 5.74) is 0.815. The molecule has 102 valence electrons. The Hall–Kier alpha value is -1.58. The van der Waals surface area contributed by atoms with Crippen LogP contribution in [0, 0.1) is 5.92 Å². The summed E-state index contributed by atoms with van der Waals surface area (Å²) in [6.45, 7) is 2.20. The number of carbonyl (C=O) groups excluding carboxylic acids is 1. The Morgan fingerprint density at radius 2 is 1.89 bits per heavy atom. The maximum atomic E-state index is 11.7.